The average molecular weight is 1180 g/mol. The zero-order valence-corrected chi connectivity index (χ0v) is 50.0. The Morgan fingerprint density at radius 3 is 1.28 bits per heavy atom. The number of benzene rings is 14. The molecule has 0 atom stereocenters. The van der Waals surface area contributed by atoms with E-state index in [1.54, 1.807) is 0 Å². The first kappa shape index (κ1) is 50.8. The molecule has 420 valence electrons. The Labute approximate surface area is 524 Å². The standard InChI is InChI=1S/2C42H25NOS/c1-2-13-30(14-3-1)43-35-18-7-6-16-33(35)42-41(43)40-32(17-9-19-36(40)44-42)29-12-8-11-27(24-29)28-20-22-34-38(25-28)45-37-23-21-26-10-4-5-15-31(26)39(34)37;1-2-14-31(15-3-1)43-36-18-7-6-16-34(36)42-41(43)40-32(17-9-19-37(40)44-42)30-13-8-12-26(22-30)29-20-21-33-35-23-27-10-4-5-11-28(27)24-39(35)45-38(33)25-29/h2*1-25H. The van der Waals surface area contributed by atoms with E-state index in [0.717, 1.165) is 77.3 Å². The minimum Gasteiger partial charge on any atom is -0.454 e. The van der Waals surface area contributed by atoms with Crippen LogP contribution in [0.1, 0.15) is 0 Å². The van der Waals surface area contributed by atoms with E-state index >= 15 is 0 Å². The minimum atomic E-state index is 0.900. The Balaban J connectivity index is 0.000000130. The number of furan rings is 2. The second-order valence-corrected chi connectivity index (χ2v) is 25.6. The van der Waals surface area contributed by atoms with Gasteiger partial charge in [0.1, 0.15) is 22.2 Å². The maximum atomic E-state index is 6.63. The molecule has 0 aliphatic heterocycles. The van der Waals surface area contributed by atoms with Gasteiger partial charge < -0.3 is 18.0 Å². The Bertz CT molecular complexity index is 6280. The van der Waals surface area contributed by atoms with Gasteiger partial charge in [-0.2, -0.15) is 0 Å². The maximum absolute atomic E-state index is 6.63. The molecule has 0 saturated heterocycles. The number of para-hydroxylation sites is 4. The Hall–Kier alpha value is -11.3. The predicted octanol–water partition coefficient (Wildman–Crippen LogP) is 24.8. The van der Waals surface area contributed by atoms with Gasteiger partial charge in [-0.05, 0) is 169 Å². The van der Waals surface area contributed by atoms with Gasteiger partial charge in [-0.1, -0.05) is 200 Å². The smallest absolute Gasteiger partial charge is 0.161 e. The lowest BCUT2D eigenvalue weighted by molar-refractivity contribution is 0.672. The summed E-state index contributed by atoms with van der Waals surface area (Å²) in [5.74, 6) is 0. The summed E-state index contributed by atoms with van der Waals surface area (Å²) in [7, 11) is 0. The molecule has 0 saturated carbocycles. The molecule has 0 N–H and O–H groups in total. The van der Waals surface area contributed by atoms with E-state index in [-0.39, 0.29) is 0 Å². The highest BCUT2D eigenvalue weighted by Crippen LogP contribution is 2.47. The third kappa shape index (κ3) is 7.92. The third-order valence-electron chi connectivity index (χ3n) is 18.4. The summed E-state index contributed by atoms with van der Waals surface area (Å²) in [5, 5.41) is 15.0. The molecule has 20 aromatic rings. The minimum absolute atomic E-state index is 0.900. The molecule has 20 rings (SSSR count). The number of nitrogens with zero attached hydrogens (tertiary/aromatic N) is 2. The summed E-state index contributed by atoms with van der Waals surface area (Å²) in [6, 6.07) is 109. The number of fused-ring (bicyclic) bond motifs is 19. The van der Waals surface area contributed by atoms with Crippen LogP contribution >= 0.6 is 22.7 Å². The molecule has 14 aromatic carbocycles. The van der Waals surface area contributed by atoms with Crippen LogP contribution < -0.4 is 0 Å². The number of rotatable bonds is 6. The third-order valence-corrected chi connectivity index (χ3v) is 20.6. The monoisotopic (exact) mass is 1180 g/mol. The molecule has 6 aromatic heterocycles. The van der Waals surface area contributed by atoms with E-state index in [9.17, 15) is 0 Å². The summed E-state index contributed by atoms with van der Waals surface area (Å²) in [5.41, 5.74) is 20.0. The highest BCUT2D eigenvalue weighted by Gasteiger charge is 2.24. The van der Waals surface area contributed by atoms with E-state index in [1.165, 1.54) is 106 Å². The Morgan fingerprint density at radius 1 is 0.244 bits per heavy atom. The predicted molar refractivity (Wildman–Crippen MR) is 384 cm³/mol. The SMILES string of the molecule is c1ccc(-n2c3ccccc3c3oc4cccc(-c5cccc(-c6ccc7c(c6)sc6cc8ccccc8cc67)c5)c4c32)cc1.c1ccc(-n2c3ccccc3c3oc4cccc(-c5cccc(-c6ccc7c(c6)sc6ccc8ccccc8c67)c5)c4c32)cc1. The van der Waals surface area contributed by atoms with Crippen LogP contribution in [0.5, 0.6) is 0 Å². The van der Waals surface area contributed by atoms with Gasteiger partial charge >= 0.3 is 0 Å². The first-order valence-electron chi connectivity index (χ1n) is 30.5. The number of thiophene rings is 2. The normalized spacial score (nSPS) is 12.0. The van der Waals surface area contributed by atoms with Crippen molar-refractivity contribution in [2.45, 2.75) is 0 Å². The van der Waals surface area contributed by atoms with E-state index in [4.69, 9.17) is 8.83 Å². The van der Waals surface area contributed by atoms with Crippen molar-refractivity contribution in [3.63, 3.8) is 0 Å². The number of hydrogen-bond acceptors (Lipinski definition) is 4. The van der Waals surface area contributed by atoms with Crippen LogP contribution in [0.4, 0.5) is 0 Å². The van der Waals surface area contributed by atoms with E-state index in [1.807, 2.05) is 22.7 Å². The molecule has 0 unspecified atom stereocenters. The molecule has 0 fully saturated rings. The van der Waals surface area contributed by atoms with Gasteiger partial charge in [-0.25, -0.2) is 0 Å². The summed E-state index contributed by atoms with van der Waals surface area (Å²) in [6.45, 7) is 0. The van der Waals surface area contributed by atoms with Crippen molar-refractivity contribution >= 4 is 151 Å². The van der Waals surface area contributed by atoms with Crippen LogP contribution in [0.3, 0.4) is 0 Å². The van der Waals surface area contributed by atoms with Crippen LogP contribution in [-0.4, -0.2) is 9.13 Å². The van der Waals surface area contributed by atoms with Gasteiger partial charge in [0.2, 0.25) is 0 Å². The van der Waals surface area contributed by atoms with E-state index < -0.39 is 0 Å². The van der Waals surface area contributed by atoms with Crippen LogP contribution in [-0.2, 0) is 0 Å². The van der Waals surface area contributed by atoms with Crippen molar-refractivity contribution in [2.24, 2.45) is 0 Å². The van der Waals surface area contributed by atoms with Crippen LogP contribution in [0.15, 0.2) is 312 Å². The maximum Gasteiger partial charge on any atom is 0.161 e. The zero-order valence-electron chi connectivity index (χ0n) is 48.4. The van der Waals surface area contributed by atoms with Gasteiger partial charge in [0.05, 0.1) is 21.8 Å². The average Bonchev–Trinajstić information content (AvgIpc) is 1.59. The lowest BCUT2D eigenvalue weighted by Crippen LogP contribution is -1.93. The van der Waals surface area contributed by atoms with Crippen LogP contribution in [0, 0.1) is 0 Å². The van der Waals surface area contributed by atoms with Crippen LogP contribution in [0.2, 0.25) is 0 Å². The van der Waals surface area contributed by atoms with Crippen LogP contribution in [0.25, 0.3) is 184 Å². The highest BCUT2D eigenvalue weighted by molar-refractivity contribution is 7.26. The van der Waals surface area contributed by atoms with Gasteiger partial charge in [0.15, 0.2) is 11.2 Å². The second-order valence-electron chi connectivity index (χ2n) is 23.4. The molecule has 0 aliphatic rings. The molecule has 0 radical (unpaired) electrons. The topological polar surface area (TPSA) is 36.1 Å². The van der Waals surface area contributed by atoms with Gasteiger partial charge in [-0.15, -0.1) is 22.7 Å². The molecule has 0 aliphatic carbocycles. The zero-order chi connectivity index (χ0) is 59.0. The summed E-state index contributed by atoms with van der Waals surface area (Å²) in [6.07, 6.45) is 0. The highest BCUT2D eigenvalue weighted by atomic mass is 32.1. The van der Waals surface area contributed by atoms with Gasteiger partial charge in [0, 0.05) is 62.5 Å². The Morgan fingerprint density at radius 2 is 0.689 bits per heavy atom. The summed E-state index contributed by atoms with van der Waals surface area (Å²) < 4.78 is 23.3. The molecule has 0 amide bonds. The fourth-order valence-electron chi connectivity index (χ4n) is 14.3. The van der Waals surface area contributed by atoms with Crippen molar-refractivity contribution < 1.29 is 8.83 Å². The molecule has 4 nitrogen and oxygen atoms in total. The lowest BCUT2D eigenvalue weighted by Gasteiger charge is -2.10. The Kier molecular flexibility index (Phi) is 11.4. The van der Waals surface area contributed by atoms with Crippen molar-refractivity contribution in [3.05, 3.63) is 303 Å². The fraction of sp³-hybridized carbons (Fsp3) is 0. The number of aromatic nitrogens is 2. The molecule has 90 heavy (non-hydrogen) atoms. The van der Waals surface area contributed by atoms with Gasteiger partial charge in [-0.3, -0.25) is 0 Å². The molecule has 6 heterocycles. The molecule has 0 spiro atoms. The molecular weight excluding hydrogens is 1130 g/mol. The number of hydrogen-bond donors (Lipinski definition) is 0. The molecule has 0 bridgehead atoms. The second kappa shape index (κ2) is 20.1. The summed E-state index contributed by atoms with van der Waals surface area (Å²) >= 11 is 3.75. The van der Waals surface area contributed by atoms with Crippen molar-refractivity contribution in [3.8, 4) is 55.9 Å². The quantitative estimate of drug-likeness (QED) is 0.166. The first-order valence-corrected chi connectivity index (χ1v) is 32.2. The summed E-state index contributed by atoms with van der Waals surface area (Å²) in [4.78, 5) is 0. The van der Waals surface area contributed by atoms with Crippen molar-refractivity contribution in [1.29, 1.82) is 0 Å². The molecule has 6 heteroatoms. The fourth-order valence-corrected chi connectivity index (χ4v) is 16.6. The lowest BCUT2D eigenvalue weighted by atomic mass is 9.96. The van der Waals surface area contributed by atoms with E-state index in [2.05, 4.69) is 312 Å². The largest absolute Gasteiger partial charge is 0.454 e. The first-order chi connectivity index (χ1) is 44.6. The van der Waals surface area contributed by atoms with Crippen molar-refractivity contribution in [1.82, 2.24) is 9.13 Å². The van der Waals surface area contributed by atoms with Gasteiger partial charge in [0.25, 0.3) is 0 Å². The van der Waals surface area contributed by atoms with E-state index in [0.29, 0.717) is 0 Å². The molecular formula is C84H50N2O2S2. The van der Waals surface area contributed by atoms with Crippen molar-refractivity contribution in [2.75, 3.05) is 0 Å².